The van der Waals surface area contributed by atoms with Crippen molar-refractivity contribution in [2.45, 2.75) is 78.8 Å². The third-order valence-corrected chi connectivity index (χ3v) is 3.67. The molecule has 0 aliphatic heterocycles. The minimum Gasteiger partial charge on any atom is -0.478 e. The van der Waals surface area contributed by atoms with Gasteiger partial charge in [-0.3, -0.25) is 0 Å². The van der Waals surface area contributed by atoms with Crippen molar-refractivity contribution in [2.75, 3.05) is 0 Å². The highest BCUT2D eigenvalue weighted by atomic mass is 16.4. The highest BCUT2D eigenvalue weighted by Crippen LogP contribution is 2.10. The van der Waals surface area contributed by atoms with Crippen molar-refractivity contribution in [1.82, 2.24) is 4.57 Å². The lowest BCUT2D eigenvalue weighted by Crippen LogP contribution is -2.41. The average Bonchev–Trinajstić information content (AvgIpc) is 2.66. The number of aliphatic carboxylic acids is 1. The summed E-state index contributed by atoms with van der Waals surface area (Å²) in [6.45, 7) is 7.49. The Balaban J connectivity index is 2.74. The van der Waals surface area contributed by atoms with Crippen molar-refractivity contribution >= 4 is 5.97 Å². The summed E-state index contributed by atoms with van der Waals surface area (Å²) in [6.07, 6.45) is 10.2. The van der Waals surface area contributed by atoms with E-state index >= 15 is 0 Å². The summed E-state index contributed by atoms with van der Waals surface area (Å²) < 4.78 is 4.19. The van der Waals surface area contributed by atoms with E-state index in [-0.39, 0.29) is 6.54 Å². The zero-order chi connectivity index (χ0) is 15.0. The van der Waals surface area contributed by atoms with E-state index < -0.39 is 5.97 Å². The first kappa shape index (κ1) is 16.7. The minimum absolute atomic E-state index is 0.0713. The van der Waals surface area contributed by atoms with E-state index in [0.29, 0.717) is 0 Å². The number of hydrogen-bond donors (Lipinski definition) is 1. The highest BCUT2D eigenvalue weighted by Gasteiger charge is 2.21. The molecule has 1 aromatic heterocycles. The van der Waals surface area contributed by atoms with Crippen LogP contribution >= 0.6 is 0 Å². The van der Waals surface area contributed by atoms with Gasteiger partial charge in [0.15, 0.2) is 6.54 Å². The summed E-state index contributed by atoms with van der Waals surface area (Å²) >= 11 is 0. The van der Waals surface area contributed by atoms with E-state index in [0.717, 1.165) is 31.5 Å². The predicted octanol–water partition coefficient (Wildman–Crippen LogP) is 3.09. The van der Waals surface area contributed by atoms with Gasteiger partial charge in [-0.15, -0.1) is 0 Å². The molecule has 0 unspecified atom stereocenters. The molecule has 0 aliphatic carbocycles. The van der Waals surface area contributed by atoms with Crippen LogP contribution in [0.3, 0.4) is 0 Å². The van der Waals surface area contributed by atoms with Gasteiger partial charge < -0.3 is 5.11 Å². The van der Waals surface area contributed by atoms with Crippen molar-refractivity contribution in [3.05, 3.63) is 17.7 Å². The van der Waals surface area contributed by atoms with Gasteiger partial charge in [-0.1, -0.05) is 39.5 Å². The van der Waals surface area contributed by atoms with Crippen molar-refractivity contribution in [1.29, 1.82) is 0 Å². The Kier molecular flexibility index (Phi) is 7.34. The molecule has 0 aliphatic rings. The summed E-state index contributed by atoms with van der Waals surface area (Å²) in [6, 6.07) is 0. The van der Waals surface area contributed by atoms with Crippen LogP contribution in [0.15, 0.2) is 6.20 Å². The van der Waals surface area contributed by atoms with E-state index in [9.17, 15) is 4.79 Å². The summed E-state index contributed by atoms with van der Waals surface area (Å²) in [5.41, 5.74) is 1.16. The lowest BCUT2D eigenvalue weighted by molar-refractivity contribution is -0.693. The van der Waals surface area contributed by atoms with E-state index in [1.165, 1.54) is 31.5 Å². The molecule has 4 nitrogen and oxygen atoms in total. The number of rotatable bonds is 10. The monoisotopic (exact) mass is 281 g/mol. The van der Waals surface area contributed by atoms with Crippen LogP contribution in [0.4, 0.5) is 0 Å². The number of carboxylic acids is 1. The van der Waals surface area contributed by atoms with Gasteiger partial charge in [0.25, 0.3) is 5.82 Å². The maximum Gasteiger partial charge on any atom is 0.346 e. The average molecular weight is 281 g/mol. The Labute approximate surface area is 122 Å². The van der Waals surface area contributed by atoms with Gasteiger partial charge in [-0.05, 0) is 12.8 Å². The standard InChI is InChI=1S/C16H28N2O2/c1-4-6-7-8-9-10-15-17(13-16(19)20)12-14(3)18(15)11-5-2/h12H,4-11,13H2,1-3H3/p+1. The predicted molar refractivity (Wildman–Crippen MR) is 79.8 cm³/mol. The molecule has 0 fully saturated rings. The molecule has 20 heavy (non-hydrogen) atoms. The third kappa shape index (κ3) is 4.99. The van der Waals surface area contributed by atoms with Crippen molar-refractivity contribution in [2.24, 2.45) is 0 Å². The Morgan fingerprint density at radius 2 is 1.90 bits per heavy atom. The number of imidazole rings is 1. The fourth-order valence-electron chi connectivity index (χ4n) is 2.71. The van der Waals surface area contributed by atoms with E-state index in [1.54, 1.807) is 0 Å². The lowest BCUT2D eigenvalue weighted by Gasteiger charge is -2.04. The number of hydrogen-bond acceptors (Lipinski definition) is 1. The largest absolute Gasteiger partial charge is 0.478 e. The number of carboxylic acid groups (broad SMARTS) is 1. The molecule has 1 heterocycles. The second-order valence-electron chi connectivity index (χ2n) is 5.52. The van der Waals surface area contributed by atoms with Crippen molar-refractivity contribution < 1.29 is 14.5 Å². The summed E-state index contributed by atoms with van der Waals surface area (Å²) in [4.78, 5) is 11.0. The van der Waals surface area contributed by atoms with Crippen LogP contribution in [0.1, 0.15) is 63.9 Å². The Hall–Kier alpha value is -1.32. The first-order chi connectivity index (χ1) is 9.60. The number of unbranched alkanes of at least 4 members (excludes halogenated alkanes) is 4. The van der Waals surface area contributed by atoms with Crippen LogP contribution in [0, 0.1) is 6.92 Å². The summed E-state index contributed by atoms with van der Waals surface area (Å²) in [5.74, 6) is 0.402. The minimum atomic E-state index is -0.768. The number of aromatic nitrogens is 2. The first-order valence-corrected chi connectivity index (χ1v) is 7.90. The van der Waals surface area contributed by atoms with Gasteiger partial charge in [0, 0.05) is 13.3 Å². The smallest absolute Gasteiger partial charge is 0.346 e. The van der Waals surface area contributed by atoms with Crippen LogP contribution in [0.25, 0.3) is 0 Å². The molecule has 114 valence electrons. The molecule has 0 spiro atoms. The normalized spacial score (nSPS) is 10.9. The third-order valence-electron chi connectivity index (χ3n) is 3.67. The quantitative estimate of drug-likeness (QED) is 0.529. The molecule has 4 heteroatoms. The molecule has 1 rings (SSSR count). The first-order valence-electron chi connectivity index (χ1n) is 7.90. The Bertz CT molecular complexity index is 424. The lowest BCUT2D eigenvalue weighted by atomic mass is 10.1. The molecule has 1 aromatic rings. The van der Waals surface area contributed by atoms with Gasteiger partial charge in [-0.2, -0.15) is 0 Å². The fraction of sp³-hybridized carbons (Fsp3) is 0.750. The molecular formula is C16H29N2O2+. The number of aryl methyl sites for hydroxylation is 1. The SMILES string of the molecule is CCCCCCCc1n(CCC)c(C)c[n+]1CC(=O)O. The summed E-state index contributed by atoms with van der Waals surface area (Å²) in [5, 5.41) is 9.03. The Morgan fingerprint density at radius 3 is 2.50 bits per heavy atom. The van der Waals surface area contributed by atoms with E-state index in [1.807, 2.05) is 10.8 Å². The molecule has 0 saturated heterocycles. The van der Waals surface area contributed by atoms with E-state index in [2.05, 4.69) is 25.3 Å². The number of nitrogens with zero attached hydrogens (tertiary/aromatic N) is 2. The molecule has 0 saturated carbocycles. The maximum absolute atomic E-state index is 11.0. The van der Waals surface area contributed by atoms with E-state index in [4.69, 9.17) is 5.11 Å². The van der Waals surface area contributed by atoms with Crippen LogP contribution in [0.5, 0.6) is 0 Å². The van der Waals surface area contributed by atoms with Crippen LogP contribution in [-0.2, 0) is 24.3 Å². The highest BCUT2D eigenvalue weighted by molar-refractivity contribution is 5.64. The number of carbonyl (C=O) groups is 1. The molecule has 0 atom stereocenters. The van der Waals surface area contributed by atoms with Gasteiger partial charge in [0.2, 0.25) is 0 Å². The van der Waals surface area contributed by atoms with Crippen LogP contribution < -0.4 is 4.57 Å². The molecule has 1 N–H and O–H groups in total. The van der Waals surface area contributed by atoms with Crippen molar-refractivity contribution in [3.8, 4) is 0 Å². The topological polar surface area (TPSA) is 46.1 Å². The van der Waals surface area contributed by atoms with Gasteiger partial charge in [0.05, 0.1) is 6.54 Å². The fourth-order valence-corrected chi connectivity index (χ4v) is 2.71. The van der Waals surface area contributed by atoms with Crippen molar-refractivity contribution in [3.63, 3.8) is 0 Å². The zero-order valence-corrected chi connectivity index (χ0v) is 13.2. The van der Waals surface area contributed by atoms with Gasteiger partial charge >= 0.3 is 5.97 Å². The van der Waals surface area contributed by atoms with Gasteiger partial charge in [0.1, 0.15) is 11.9 Å². The second kappa shape index (κ2) is 8.77. The molecular weight excluding hydrogens is 252 g/mol. The zero-order valence-electron chi connectivity index (χ0n) is 13.2. The van der Waals surface area contributed by atoms with Crippen LogP contribution in [-0.4, -0.2) is 15.6 Å². The molecule has 0 bridgehead atoms. The second-order valence-corrected chi connectivity index (χ2v) is 5.52. The molecule has 0 radical (unpaired) electrons. The summed E-state index contributed by atoms with van der Waals surface area (Å²) in [7, 11) is 0. The molecule has 0 amide bonds. The Morgan fingerprint density at radius 1 is 1.20 bits per heavy atom. The molecule has 0 aromatic carbocycles. The maximum atomic E-state index is 11.0. The van der Waals surface area contributed by atoms with Crippen LogP contribution in [0.2, 0.25) is 0 Å². The van der Waals surface area contributed by atoms with Gasteiger partial charge in [-0.25, -0.2) is 13.9 Å².